The number of anilines is 3. The lowest BCUT2D eigenvalue weighted by molar-refractivity contribution is -0.118. The highest BCUT2D eigenvalue weighted by molar-refractivity contribution is 8.02. The van der Waals surface area contributed by atoms with E-state index in [1.165, 1.54) is 23.1 Å². The molecule has 1 aliphatic carbocycles. The standard InChI is InChI=1S/C21H27N5O3S2/c1-3-18(27)26(17-8-9-17)20-23-24-21(31-20)30-14(2)19(28)22-15-4-6-16(7-5-15)25-10-12-29-13-11-25/h4-7,14,17H,3,8-13H2,1-2H3,(H,22,28)/t14-/m0/s1. The Kier molecular flexibility index (Phi) is 7.09. The van der Waals surface area contributed by atoms with E-state index in [1.807, 2.05) is 38.1 Å². The Morgan fingerprint density at radius 2 is 1.97 bits per heavy atom. The van der Waals surface area contributed by atoms with Crippen LogP contribution in [0.25, 0.3) is 0 Å². The first-order chi connectivity index (χ1) is 15.0. The van der Waals surface area contributed by atoms with Crippen LogP contribution in [0.3, 0.4) is 0 Å². The number of benzene rings is 1. The van der Waals surface area contributed by atoms with Crippen molar-refractivity contribution in [3.8, 4) is 0 Å². The lowest BCUT2D eigenvalue weighted by Gasteiger charge is -2.28. The summed E-state index contributed by atoms with van der Waals surface area (Å²) in [5, 5.41) is 11.7. The van der Waals surface area contributed by atoms with Crippen LogP contribution in [0.1, 0.15) is 33.1 Å². The molecule has 166 valence electrons. The number of thioether (sulfide) groups is 1. The van der Waals surface area contributed by atoms with Gasteiger partial charge < -0.3 is 15.0 Å². The molecule has 8 nitrogen and oxygen atoms in total. The normalized spacial score (nSPS) is 17.3. The van der Waals surface area contributed by atoms with Gasteiger partial charge in [0.25, 0.3) is 0 Å². The van der Waals surface area contributed by atoms with Gasteiger partial charge in [-0.15, -0.1) is 10.2 Å². The van der Waals surface area contributed by atoms with Gasteiger partial charge in [-0.1, -0.05) is 30.0 Å². The molecule has 1 aromatic heterocycles. The monoisotopic (exact) mass is 461 g/mol. The van der Waals surface area contributed by atoms with Gasteiger partial charge in [-0.2, -0.15) is 0 Å². The molecule has 2 heterocycles. The number of hydrogen-bond donors (Lipinski definition) is 1. The van der Waals surface area contributed by atoms with Crippen molar-refractivity contribution in [1.82, 2.24) is 10.2 Å². The van der Waals surface area contributed by atoms with Crippen molar-refractivity contribution in [1.29, 1.82) is 0 Å². The maximum atomic E-state index is 12.6. The van der Waals surface area contributed by atoms with E-state index >= 15 is 0 Å². The van der Waals surface area contributed by atoms with Crippen molar-refractivity contribution in [3.63, 3.8) is 0 Å². The van der Waals surface area contributed by atoms with E-state index in [4.69, 9.17) is 4.74 Å². The number of hydrogen-bond acceptors (Lipinski definition) is 8. The minimum Gasteiger partial charge on any atom is -0.378 e. The van der Waals surface area contributed by atoms with E-state index in [9.17, 15) is 9.59 Å². The minimum atomic E-state index is -0.337. The van der Waals surface area contributed by atoms with Gasteiger partial charge in [0, 0.05) is 36.9 Å². The average Bonchev–Trinajstić information content (AvgIpc) is 3.53. The number of aromatic nitrogens is 2. The molecule has 1 N–H and O–H groups in total. The second-order valence-electron chi connectivity index (χ2n) is 7.59. The highest BCUT2D eigenvalue weighted by Gasteiger charge is 2.35. The highest BCUT2D eigenvalue weighted by atomic mass is 32.2. The summed E-state index contributed by atoms with van der Waals surface area (Å²) >= 11 is 2.73. The molecule has 10 heteroatoms. The zero-order chi connectivity index (χ0) is 21.8. The molecule has 0 spiro atoms. The zero-order valence-electron chi connectivity index (χ0n) is 17.7. The Hall–Kier alpha value is -2.17. The topological polar surface area (TPSA) is 87.7 Å². The van der Waals surface area contributed by atoms with E-state index in [0.717, 1.165) is 50.5 Å². The van der Waals surface area contributed by atoms with Gasteiger partial charge in [0.2, 0.25) is 16.9 Å². The van der Waals surface area contributed by atoms with Gasteiger partial charge in [-0.25, -0.2) is 0 Å². The van der Waals surface area contributed by atoms with Crippen molar-refractivity contribution in [3.05, 3.63) is 24.3 Å². The molecule has 1 saturated carbocycles. The van der Waals surface area contributed by atoms with E-state index in [2.05, 4.69) is 20.4 Å². The quantitative estimate of drug-likeness (QED) is 0.476. The molecular formula is C21H27N5O3S2. The molecule has 0 unspecified atom stereocenters. The fourth-order valence-corrected chi connectivity index (χ4v) is 5.42. The maximum Gasteiger partial charge on any atom is 0.237 e. The smallest absolute Gasteiger partial charge is 0.237 e. The number of morpholine rings is 1. The van der Waals surface area contributed by atoms with E-state index in [0.29, 0.717) is 15.9 Å². The van der Waals surface area contributed by atoms with Crippen LogP contribution in [0.5, 0.6) is 0 Å². The Balaban J connectivity index is 1.32. The molecule has 1 saturated heterocycles. The summed E-state index contributed by atoms with van der Waals surface area (Å²) < 4.78 is 6.08. The summed E-state index contributed by atoms with van der Waals surface area (Å²) in [7, 11) is 0. The van der Waals surface area contributed by atoms with Crippen LogP contribution < -0.4 is 15.1 Å². The Labute approximate surface area is 190 Å². The lowest BCUT2D eigenvalue weighted by atomic mass is 10.2. The first-order valence-electron chi connectivity index (χ1n) is 10.6. The molecule has 0 bridgehead atoms. The molecular weight excluding hydrogens is 434 g/mol. The summed E-state index contributed by atoms with van der Waals surface area (Å²) in [6, 6.07) is 8.14. The fourth-order valence-electron chi connectivity index (χ4n) is 3.34. The summed E-state index contributed by atoms with van der Waals surface area (Å²) in [6.07, 6.45) is 2.47. The number of amides is 2. The maximum absolute atomic E-state index is 12.6. The van der Waals surface area contributed by atoms with Crippen LogP contribution in [0.15, 0.2) is 28.6 Å². The molecule has 31 heavy (non-hydrogen) atoms. The highest BCUT2D eigenvalue weighted by Crippen LogP contribution is 2.37. The third-order valence-electron chi connectivity index (χ3n) is 5.24. The molecule has 2 aliphatic rings. The molecule has 1 aliphatic heterocycles. The summed E-state index contributed by atoms with van der Waals surface area (Å²) in [5.41, 5.74) is 1.90. The zero-order valence-corrected chi connectivity index (χ0v) is 19.4. The van der Waals surface area contributed by atoms with Gasteiger partial charge in [0.1, 0.15) is 0 Å². The first-order valence-corrected chi connectivity index (χ1v) is 12.3. The predicted octanol–water partition coefficient (Wildman–Crippen LogP) is 3.40. The van der Waals surface area contributed by atoms with Gasteiger partial charge in [0.15, 0.2) is 4.34 Å². The largest absolute Gasteiger partial charge is 0.378 e. The number of carbonyl (C=O) groups excluding carboxylic acids is 2. The number of nitrogens with one attached hydrogen (secondary N) is 1. The third-order valence-corrected chi connectivity index (χ3v) is 7.35. The predicted molar refractivity (Wildman–Crippen MR) is 124 cm³/mol. The van der Waals surface area contributed by atoms with Crippen LogP contribution in [0, 0.1) is 0 Å². The molecule has 4 rings (SSSR count). The van der Waals surface area contributed by atoms with Crippen molar-refractivity contribution in [2.75, 3.05) is 41.4 Å². The second-order valence-corrected chi connectivity index (χ2v) is 10.1. The molecule has 2 fully saturated rings. The fraction of sp³-hybridized carbons (Fsp3) is 0.524. The van der Waals surface area contributed by atoms with E-state index in [1.54, 1.807) is 4.90 Å². The lowest BCUT2D eigenvalue weighted by Crippen LogP contribution is -2.36. The van der Waals surface area contributed by atoms with E-state index in [-0.39, 0.29) is 23.1 Å². The van der Waals surface area contributed by atoms with Crippen molar-refractivity contribution in [2.24, 2.45) is 0 Å². The summed E-state index contributed by atoms with van der Waals surface area (Å²) in [4.78, 5) is 28.9. The van der Waals surface area contributed by atoms with Crippen molar-refractivity contribution in [2.45, 2.75) is 48.7 Å². The third kappa shape index (κ3) is 5.55. The van der Waals surface area contributed by atoms with Gasteiger partial charge in [-0.05, 0) is 44.0 Å². The SMILES string of the molecule is CCC(=O)N(c1nnc(S[C@@H](C)C(=O)Nc2ccc(N3CCOCC3)cc2)s1)C1CC1. The van der Waals surface area contributed by atoms with Crippen molar-refractivity contribution >= 4 is 51.4 Å². The van der Waals surface area contributed by atoms with Gasteiger partial charge >= 0.3 is 0 Å². The van der Waals surface area contributed by atoms with Crippen molar-refractivity contribution < 1.29 is 14.3 Å². The number of nitrogens with zero attached hydrogens (tertiary/aromatic N) is 4. The van der Waals surface area contributed by atoms with Crippen LogP contribution in [0.4, 0.5) is 16.5 Å². The summed E-state index contributed by atoms with van der Waals surface area (Å²) in [6.45, 7) is 6.95. The Bertz CT molecular complexity index is 910. The van der Waals surface area contributed by atoms with E-state index < -0.39 is 0 Å². The number of rotatable bonds is 8. The van der Waals surface area contributed by atoms with Crippen LogP contribution in [-0.4, -0.2) is 59.6 Å². The van der Waals surface area contributed by atoms with Crippen LogP contribution in [0.2, 0.25) is 0 Å². The van der Waals surface area contributed by atoms with Crippen LogP contribution >= 0.6 is 23.1 Å². The second kappa shape index (κ2) is 9.97. The molecule has 0 radical (unpaired) electrons. The minimum absolute atomic E-state index is 0.0708. The number of ether oxygens (including phenoxy) is 1. The van der Waals surface area contributed by atoms with Crippen LogP contribution in [-0.2, 0) is 14.3 Å². The molecule has 2 amide bonds. The summed E-state index contributed by atoms with van der Waals surface area (Å²) in [5.74, 6) is -0.0222. The Morgan fingerprint density at radius 3 is 2.61 bits per heavy atom. The van der Waals surface area contributed by atoms with Gasteiger partial charge in [-0.3, -0.25) is 14.5 Å². The van der Waals surface area contributed by atoms with Gasteiger partial charge in [0.05, 0.1) is 18.5 Å². The average molecular weight is 462 g/mol. The first kappa shape index (κ1) is 22.0. The number of carbonyl (C=O) groups is 2. The molecule has 1 atom stereocenters. The molecule has 1 aromatic carbocycles. The molecule has 2 aromatic rings. The Morgan fingerprint density at radius 1 is 1.26 bits per heavy atom.